The van der Waals surface area contributed by atoms with Crippen LogP contribution >= 0.6 is 0 Å². The van der Waals surface area contributed by atoms with E-state index in [0.717, 1.165) is 29.2 Å². The van der Waals surface area contributed by atoms with Crippen LogP contribution in [0.5, 0.6) is 11.5 Å². The Labute approximate surface area is 172 Å². The molecule has 2 aromatic rings. The van der Waals surface area contributed by atoms with E-state index in [1.165, 1.54) is 6.07 Å². The Kier molecular flexibility index (Phi) is 8.73. The third-order valence-electron chi connectivity index (χ3n) is 4.30. The quantitative estimate of drug-likeness (QED) is 0.498. The van der Waals surface area contributed by atoms with Gasteiger partial charge >= 0.3 is 0 Å². The summed E-state index contributed by atoms with van der Waals surface area (Å²) < 4.78 is 24.7. The summed E-state index contributed by atoms with van der Waals surface area (Å²) in [7, 11) is 7.11. The zero-order valence-electron chi connectivity index (χ0n) is 17.9. The second kappa shape index (κ2) is 11.3. The first kappa shape index (κ1) is 22.5. The minimum absolute atomic E-state index is 0.192. The van der Waals surface area contributed by atoms with Gasteiger partial charge in [0.15, 0.2) is 5.96 Å². The van der Waals surface area contributed by atoms with E-state index in [1.54, 1.807) is 20.3 Å². The molecule has 2 aromatic carbocycles. The number of ether oxygens (including phenoxy) is 2. The number of methoxy groups -OCH3 is 2. The second-order valence-electron chi connectivity index (χ2n) is 6.89. The van der Waals surface area contributed by atoms with Gasteiger partial charge in [-0.25, -0.2) is 9.38 Å². The third-order valence-corrected chi connectivity index (χ3v) is 4.30. The fourth-order valence-electron chi connectivity index (χ4n) is 2.88. The summed E-state index contributed by atoms with van der Waals surface area (Å²) in [6.07, 6.45) is 0. The number of rotatable bonds is 9. The number of nitrogens with one attached hydrogen (secondary N) is 2. The maximum Gasteiger partial charge on any atom is 0.191 e. The standard InChI is InChI=1S/C22H31FN4O2/c1-6-24-22(26-14-17-8-9-19(28-4)12-21(17)29-5)25-13-16-7-10-20(23)18(11-16)15-27(2)3/h7-12H,6,13-15H2,1-5H3,(H2,24,25,26). The minimum atomic E-state index is -0.192. The fourth-order valence-corrected chi connectivity index (χ4v) is 2.88. The van der Waals surface area contributed by atoms with Gasteiger partial charge in [0.2, 0.25) is 0 Å². The van der Waals surface area contributed by atoms with Crippen molar-refractivity contribution in [1.82, 2.24) is 15.5 Å². The number of halogens is 1. The van der Waals surface area contributed by atoms with E-state index < -0.39 is 0 Å². The molecule has 2 N–H and O–H groups in total. The Morgan fingerprint density at radius 1 is 1.03 bits per heavy atom. The maximum absolute atomic E-state index is 14.0. The third kappa shape index (κ3) is 6.94. The SMILES string of the molecule is CCNC(=NCc1ccc(F)c(CN(C)C)c1)NCc1ccc(OC)cc1OC. The smallest absolute Gasteiger partial charge is 0.191 e. The molecule has 0 aliphatic rings. The van der Waals surface area contributed by atoms with Crippen LogP contribution in [0, 0.1) is 5.82 Å². The van der Waals surface area contributed by atoms with Crippen LogP contribution in [0.25, 0.3) is 0 Å². The zero-order chi connectivity index (χ0) is 21.2. The Balaban J connectivity index is 2.09. The zero-order valence-corrected chi connectivity index (χ0v) is 17.9. The van der Waals surface area contributed by atoms with Crippen molar-refractivity contribution in [3.63, 3.8) is 0 Å². The molecule has 0 amide bonds. The maximum atomic E-state index is 14.0. The normalized spacial score (nSPS) is 11.5. The van der Waals surface area contributed by atoms with Crippen LogP contribution in [0.2, 0.25) is 0 Å². The van der Waals surface area contributed by atoms with Crippen molar-refractivity contribution < 1.29 is 13.9 Å². The van der Waals surface area contributed by atoms with Crippen LogP contribution in [0.1, 0.15) is 23.6 Å². The van der Waals surface area contributed by atoms with Gasteiger partial charge in [-0.3, -0.25) is 0 Å². The number of guanidine groups is 1. The van der Waals surface area contributed by atoms with Gasteiger partial charge in [-0.1, -0.05) is 6.07 Å². The molecule has 29 heavy (non-hydrogen) atoms. The molecule has 0 heterocycles. The Morgan fingerprint density at radius 3 is 2.48 bits per heavy atom. The van der Waals surface area contributed by atoms with Crippen molar-refractivity contribution in [3.05, 3.63) is 58.9 Å². The molecule has 158 valence electrons. The molecule has 6 nitrogen and oxygen atoms in total. The van der Waals surface area contributed by atoms with E-state index in [1.807, 2.05) is 50.2 Å². The van der Waals surface area contributed by atoms with Crippen LogP contribution in [0.15, 0.2) is 41.4 Å². The highest BCUT2D eigenvalue weighted by molar-refractivity contribution is 5.79. The predicted molar refractivity (Wildman–Crippen MR) is 115 cm³/mol. The summed E-state index contributed by atoms with van der Waals surface area (Å²) in [6, 6.07) is 10.9. The summed E-state index contributed by atoms with van der Waals surface area (Å²) in [5.41, 5.74) is 2.63. The van der Waals surface area contributed by atoms with Gasteiger partial charge in [0.05, 0.1) is 20.8 Å². The van der Waals surface area contributed by atoms with Gasteiger partial charge in [-0.05, 0) is 50.8 Å². The monoisotopic (exact) mass is 402 g/mol. The molecule has 0 saturated heterocycles. The van der Waals surface area contributed by atoms with Crippen LogP contribution in [0.3, 0.4) is 0 Å². The molecule has 2 rings (SSSR count). The fraction of sp³-hybridized carbons (Fsp3) is 0.409. The molecule has 0 fully saturated rings. The van der Waals surface area contributed by atoms with Crippen molar-refractivity contribution in [1.29, 1.82) is 0 Å². The van der Waals surface area contributed by atoms with Crippen molar-refractivity contribution >= 4 is 5.96 Å². The first-order chi connectivity index (χ1) is 14.0. The number of hydrogen-bond donors (Lipinski definition) is 2. The number of aliphatic imine (C=N–C) groups is 1. The topological polar surface area (TPSA) is 58.1 Å². The van der Waals surface area contributed by atoms with Gasteiger partial charge < -0.3 is 25.0 Å². The highest BCUT2D eigenvalue weighted by atomic mass is 19.1. The van der Waals surface area contributed by atoms with Crippen molar-refractivity contribution in [3.8, 4) is 11.5 Å². The number of nitrogens with zero attached hydrogens (tertiary/aromatic N) is 2. The number of hydrogen-bond acceptors (Lipinski definition) is 4. The largest absolute Gasteiger partial charge is 0.497 e. The molecule has 0 aromatic heterocycles. The van der Waals surface area contributed by atoms with E-state index >= 15 is 0 Å². The van der Waals surface area contributed by atoms with Gasteiger partial charge in [-0.15, -0.1) is 0 Å². The lowest BCUT2D eigenvalue weighted by molar-refractivity contribution is 0.390. The Morgan fingerprint density at radius 2 is 1.83 bits per heavy atom. The highest BCUT2D eigenvalue weighted by Crippen LogP contribution is 2.24. The average molecular weight is 403 g/mol. The number of benzene rings is 2. The van der Waals surface area contributed by atoms with Crippen molar-refractivity contribution in [2.75, 3.05) is 34.9 Å². The summed E-state index contributed by atoms with van der Waals surface area (Å²) in [5, 5.41) is 6.55. The van der Waals surface area contributed by atoms with Crippen molar-refractivity contribution in [2.24, 2.45) is 4.99 Å². The average Bonchev–Trinajstić information content (AvgIpc) is 2.71. The lowest BCUT2D eigenvalue weighted by Crippen LogP contribution is -2.36. The molecule has 0 unspecified atom stereocenters. The molecule has 0 atom stereocenters. The lowest BCUT2D eigenvalue weighted by Gasteiger charge is -2.15. The summed E-state index contributed by atoms with van der Waals surface area (Å²) in [4.78, 5) is 6.57. The molecule has 7 heteroatoms. The molecular formula is C22H31FN4O2. The summed E-state index contributed by atoms with van der Waals surface area (Å²) in [5.74, 6) is 1.99. The van der Waals surface area contributed by atoms with Crippen LogP contribution in [0.4, 0.5) is 4.39 Å². The predicted octanol–water partition coefficient (Wildman–Crippen LogP) is 3.16. The van der Waals surface area contributed by atoms with E-state index in [2.05, 4.69) is 15.6 Å². The molecule has 0 saturated carbocycles. The van der Waals surface area contributed by atoms with E-state index in [4.69, 9.17) is 9.47 Å². The van der Waals surface area contributed by atoms with Gasteiger partial charge in [-0.2, -0.15) is 0 Å². The first-order valence-electron chi connectivity index (χ1n) is 9.62. The minimum Gasteiger partial charge on any atom is -0.497 e. The van der Waals surface area contributed by atoms with Gasteiger partial charge in [0.1, 0.15) is 17.3 Å². The van der Waals surface area contributed by atoms with Crippen LogP contribution < -0.4 is 20.1 Å². The molecule has 0 aliphatic carbocycles. The molecule has 0 aliphatic heterocycles. The molecule has 0 bridgehead atoms. The second-order valence-corrected chi connectivity index (χ2v) is 6.89. The highest BCUT2D eigenvalue weighted by Gasteiger charge is 2.08. The molecule has 0 radical (unpaired) electrons. The first-order valence-corrected chi connectivity index (χ1v) is 9.62. The van der Waals surface area contributed by atoms with E-state index in [9.17, 15) is 4.39 Å². The van der Waals surface area contributed by atoms with Crippen LogP contribution in [-0.2, 0) is 19.6 Å². The van der Waals surface area contributed by atoms with E-state index in [-0.39, 0.29) is 5.82 Å². The van der Waals surface area contributed by atoms with Gasteiger partial charge in [0, 0.05) is 36.8 Å². The summed E-state index contributed by atoms with van der Waals surface area (Å²) >= 11 is 0. The van der Waals surface area contributed by atoms with Gasteiger partial charge in [0.25, 0.3) is 0 Å². The molecule has 0 spiro atoms. The summed E-state index contributed by atoms with van der Waals surface area (Å²) in [6.45, 7) is 4.31. The molecular weight excluding hydrogens is 371 g/mol. The Bertz CT molecular complexity index is 824. The lowest BCUT2D eigenvalue weighted by atomic mass is 10.1. The Hall–Kier alpha value is -2.80. The van der Waals surface area contributed by atoms with E-state index in [0.29, 0.717) is 31.2 Å². The van der Waals surface area contributed by atoms with Crippen LogP contribution in [-0.4, -0.2) is 45.7 Å². The van der Waals surface area contributed by atoms with Crippen molar-refractivity contribution in [2.45, 2.75) is 26.6 Å².